The number of aromatic nitrogens is 2. The van der Waals surface area contributed by atoms with Crippen LogP contribution in [0.3, 0.4) is 0 Å². The molecule has 0 aliphatic rings. The second kappa shape index (κ2) is 11.3. The Morgan fingerprint density at radius 2 is 1.80 bits per heavy atom. The predicted octanol–water partition coefficient (Wildman–Crippen LogP) is 3.55. The van der Waals surface area contributed by atoms with Crippen LogP contribution in [0.2, 0.25) is 0 Å². The van der Waals surface area contributed by atoms with Crippen LogP contribution in [-0.2, 0) is 14.3 Å². The summed E-state index contributed by atoms with van der Waals surface area (Å²) in [5.74, 6) is -0.589. The fraction of sp³-hybridized carbons (Fsp3) is 0.227. The van der Waals surface area contributed by atoms with E-state index >= 15 is 0 Å². The Labute approximate surface area is 177 Å². The number of hydrogen-bond donors (Lipinski definition) is 1. The number of hydrogen-bond acceptors (Lipinski definition) is 6. The molecule has 8 heteroatoms. The van der Waals surface area contributed by atoms with E-state index in [0.29, 0.717) is 11.6 Å². The average molecular weight is 412 g/mol. The molecule has 1 heterocycles. The summed E-state index contributed by atoms with van der Waals surface area (Å²) in [6, 6.07) is 0. The van der Waals surface area contributed by atoms with Crippen LogP contribution < -0.4 is 10.2 Å². The van der Waals surface area contributed by atoms with Gasteiger partial charge in [-0.15, -0.1) is 0 Å². The molecule has 0 fully saturated rings. The number of esters is 1. The van der Waals surface area contributed by atoms with Crippen LogP contribution in [0.1, 0.15) is 17.4 Å². The second-order valence-corrected chi connectivity index (χ2v) is 6.00. The fourth-order valence-electron chi connectivity index (χ4n) is 2.60. The zero-order valence-electron chi connectivity index (χ0n) is 18.1. The number of allylic oxidation sites excluding steroid dienone is 6. The first kappa shape index (κ1) is 24.2. The van der Waals surface area contributed by atoms with E-state index in [4.69, 9.17) is 9.47 Å². The van der Waals surface area contributed by atoms with Gasteiger partial charge in [0.05, 0.1) is 19.8 Å². The molecule has 30 heavy (non-hydrogen) atoms. The van der Waals surface area contributed by atoms with Gasteiger partial charge in [-0.1, -0.05) is 38.0 Å². The van der Waals surface area contributed by atoms with Crippen LogP contribution in [0.25, 0.3) is 5.70 Å². The van der Waals surface area contributed by atoms with Crippen molar-refractivity contribution in [1.82, 2.24) is 9.55 Å². The molecule has 160 valence electrons. The third-order valence-electron chi connectivity index (χ3n) is 3.87. The summed E-state index contributed by atoms with van der Waals surface area (Å²) < 4.78 is 11.7. The maximum Gasteiger partial charge on any atom is 0.359 e. The molecule has 0 bridgehead atoms. The number of nitrogens with one attached hydrogen (secondary N) is 1. The summed E-state index contributed by atoms with van der Waals surface area (Å²) in [7, 11) is 6.20. The summed E-state index contributed by atoms with van der Waals surface area (Å²) in [6.45, 7) is 12.8. The zero-order chi connectivity index (χ0) is 22.8. The van der Waals surface area contributed by atoms with Gasteiger partial charge in [-0.3, -0.25) is 9.36 Å². The van der Waals surface area contributed by atoms with Crippen molar-refractivity contribution in [3.8, 4) is 0 Å². The highest BCUT2D eigenvalue weighted by Crippen LogP contribution is 2.29. The first-order valence-corrected chi connectivity index (χ1v) is 8.99. The number of amides is 1. The van der Waals surface area contributed by atoms with Gasteiger partial charge in [0.1, 0.15) is 5.76 Å². The van der Waals surface area contributed by atoms with E-state index in [-0.39, 0.29) is 22.8 Å². The minimum absolute atomic E-state index is 0.0221. The van der Waals surface area contributed by atoms with Crippen molar-refractivity contribution in [2.45, 2.75) is 6.92 Å². The fourth-order valence-corrected chi connectivity index (χ4v) is 2.60. The molecule has 0 saturated heterocycles. The maximum absolute atomic E-state index is 12.9. The van der Waals surface area contributed by atoms with Crippen molar-refractivity contribution in [1.29, 1.82) is 0 Å². The van der Waals surface area contributed by atoms with Crippen LogP contribution in [0.5, 0.6) is 0 Å². The highest BCUT2D eigenvalue weighted by molar-refractivity contribution is 6.09. The summed E-state index contributed by atoms with van der Waals surface area (Å²) in [5.41, 5.74) is 0.786. The molecular formula is C22H28N4O4. The SMILES string of the molecule is C=C/C=C(\C=C/C)n1c(N(C)C)nc(NC(=O)/C(C=C)=C(/C=C)OC)c1C(=O)OC. The standard InChI is InChI=1S/C22H28N4O4/c1-9-13-15(14-10-2)26-18(21(28)30-8)19(24-22(26)25(5)6)23-20(27)16(11-3)17(12-4)29-7/h9-14H,1,3-4H2,2,5-8H3,(H,23,27)/b14-10-,15-13+,17-16-. The molecule has 0 saturated carbocycles. The van der Waals surface area contributed by atoms with Gasteiger partial charge in [0.15, 0.2) is 11.5 Å². The van der Waals surface area contributed by atoms with E-state index in [1.54, 1.807) is 41.8 Å². The lowest BCUT2D eigenvalue weighted by atomic mass is 10.2. The van der Waals surface area contributed by atoms with E-state index in [9.17, 15) is 9.59 Å². The molecule has 0 atom stereocenters. The molecule has 0 aliphatic carbocycles. The Hall–Kier alpha value is -3.81. The van der Waals surface area contributed by atoms with Crippen molar-refractivity contribution in [3.63, 3.8) is 0 Å². The smallest absolute Gasteiger partial charge is 0.359 e. The molecule has 1 N–H and O–H groups in total. The lowest BCUT2D eigenvalue weighted by molar-refractivity contribution is -0.112. The minimum Gasteiger partial charge on any atom is -0.496 e. The Balaban J connectivity index is 3.79. The van der Waals surface area contributed by atoms with Gasteiger partial charge in [-0.25, -0.2) is 4.79 Å². The molecule has 8 nitrogen and oxygen atoms in total. The zero-order valence-corrected chi connectivity index (χ0v) is 18.1. The quantitative estimate of drug-likeness (QED) is 0.274. The topological polar surface area (TPSA) is 85.7 Å². The van der Waals surface area contributed by atoms with Crippen LogP contribution in [0.4, 0.5) is 11.8 Å². The van der Waals surface area contributed by atoms with Crippen molar-refractivity contribution in [3.05, 3.63) is 73.2 Å². The Kier molecular flexibility index (Phi) is 9.09. The van der Waals surface area contributed by atoms with Gasteiger partial charge < -0.3 is 19.7 Å². The second-order valence-electron chi connectivity index (χ2n) is 6.00. The number of ether oxygens (including phenoxy) is 2. The van der Waals surface area contributed by atoms with E-state index < -0.39 is 11.9 Å². The first-order valence-electron chi connectivity index (χ1n) is 8.99. The molecule has 1 amide bonds. The van der Waals surface area contributed by atoms with Crippen molar-refractivity contribution in [2.24, 2.45) is 0 Å². The first-order chi connectivity index (χ1) is 14.3. The summed E-state index contributed by atoms with van der Waals surface area (Å²) in [6.07, 6.45) is 9.61. The lowest BCUT2D eigenvalue weighted by Gasteiger charge is -2.16. The molecule has 0 radical (unpaired) electrons. The van der Waals surface area contributed by atoms with Crippen molar-refractivity contribution >= 4 is 29.3 Å². The van der Waals surface area contributed by atoms with Gasteiger partial charge in [0.2, 0.25) is 5.95 Å². The van der Waals surface area contributed by atoms with Gasteiger partial charge in [-0.2, -0.15) is 4.98 Å². The molecule has 1 aromatic rings. The van der Waals surface area contributed by atoms with Crippen molar-refractivity contribution < 1.29 is 19.1 Å². The van der Waals surface area contributed by atoms with Gasteiger partial charge in [0.25, 0.3) is 5.91 Å². The summed E-state index contributed by atoms with van der Waals surface area (Å²) >= 11 is 0. The third kappa shape index (κ3) is 5.16. The number of anilines is 2. The molecule has 0 spiro atoms. The Bertz CT molecular complexity index is 933. The highest BCUT2D eigenvalue weighted by atomic mass is 16.5. The largest absolute Gasteiger partial charge is 0.496 e. The van der Waals surface area contributed by atoms with E-state index in [0.717, 1.165) is 0 Å². The van der Waals surface area contributed by atoms with E-state index in [1.807, 2.05) is 13.0 Å². The number of carbonyl (C=O) groups excluding carboxylic acids is 2. The summed E-state index contributed by atoms with van der Waals surface area (Å²) in [4.78, 5) is 31.7. The third-order valence-corrected chi connectivity index (χ3v) is 3.87. The van der Waals surface area contributed by atoms with E-state index in [2.05, 4.69) is 30.0 Å². The van der Waals surface area contributed by atoms with Gasteiger partial charge in [0, 0.05) is 19.8 Å². The van der Waals surface area contributed by atoms with Crippen LogP contribution in [-0.4, -0.2) is 49.7 Å². The molecular weight excluding hydrogens is 384 g/mol. The maximum atomic E-state index is 12.9. The van der Waals surface area contributed by atoms with Crippen molar-refractivity contribution in [2.75, 3.05) is 38.5 Å². The summed E-state index contributed by atoms with van der Waals surface area (Å²) in [5, 5.41) is 2.65. The van der Waals surface area contributed by atoms with Crippen LogP contribution >= 0.6 is 0 Å². The van der Waals surface area contributed by atoms with E-state index in [1.165, 1.54) is 26.4 Å². The Morgan fingerprint density at radius 3 is 2.23 bits per heavy atom. The predicted molar refractivity (Wildman–Crippen MR) is 120 cm³/mol. The lowest BCUT2D eigenvalue weighted by Crippen LogP contribution is -2.20. The normalized spacial score (nSPS) is 12.1. The van der Waals surface area contributed by atoms with Crippen LogP contribution in [0.15, 0.2) is 67.5 Å². The van der Waals surface area contributed by atoms with Crippen LogP contribution in [0, 0.1) is 0 Å². The Morgan fingerprint density at radius 1 is 1.13 bits per heavy atom. The molecule has 0 unspecified atom stereocenters. The monoisotopic (exact) mass is 412 g/mol. The number of carbonyl (C=O) groups is 2. The average Bonchev–Trinajstić information content (AvgIpc) is 3.10. The molecule has 0 aliphatic heterocycles. The van der Waals surface area contributed by atoms with Gasteiger partial charge in [-0.05, 0) is 25.2 Å². The highest BCUT2D eigenvalue weighted by Gasteiger charge is 2.28. The number of rotatable bonds is 10. The minimum atomic E-state index is -0.676. The number of nitrogens with zero attached hydrogens (tertiary/aromatic N) is 3. The van der Waals surface area contributed by atoms with Gasteiger partial charge >= 0.3 is 5.97 Å². The molecule has 1 aromatic heterocycles. The molecule has 1 rings (SSSR count). The number of imidazole rings is 1. The number of methoxy groups -OCH3 is 2. The molecule has 0 aromatic carbocycles.